The van der Waals surface area contributed by atoms with Crippen LogP contribution < -0.4 is 0 Å². The predicted molar refractivity (Wildman–Crippen MR) is 75.3 cm³/mol. The lowest BCUT2D eigenvalue weighted by molar-refractivity contribution is 0.128. The number of rotatable bonds is 3. The van der Waals surface area contributed by atoms with Crippen molar-refractivity contribution in [3.05, 3.63) is 33.0 Å². The molecule has 1 unspecified atom stereocenters. The average Bonchev–Trinajstić information content (AvgIpc) is 2.35. The van der Waals surface area contributed by atoms with Crippen molar-refractivity contribution in [2.45, 2.75) is 44.6 Å². The van der Waals surface area contributed by atoms with Crippen LogP contribution in [0.2, 0.25) is 5.02 Å². The molecular formula is C14H17BrClFO. The lowest BCUT2D eigenvalue weighted by atomic mass is 9.84. The van der Waals surface area contributed by atoms with Gasteiger partial charge in [-0.3, -0.25) is 0 Å². The summed E-state index contributed by atoms with van der Waals surface area (Å²) in [5.74, 6) is 0.116. The zero-order chi connectivity index (χ0) is 13.1. The summed E-state index contributed by atoms with van der Waals surface area (Å²) < 4.78 is 14.3. The van der Waals surface area contributed by atoms with Crippen LogP contribution in [0.25, 0.3) is 0 Å². The third-order valence-electron chi connectivity index (χ3n) is 3.68. The molecule has 18 heavy (non-hydrogen) atoms. The lowest BCUT2D eigenvalue weighted by Gasteiger charge is -2.24. The lowest BCUT2D eigenvalue weighted by Crippen LogP contribution is -2.12. The molecule has 1 aromatic rings. The molecule has 4 heteroatoms. The second-order valence-electron chi connectivity index (χ2n) is 5.04. The fraction of sp³-hybridized carbons (Fsp3) is 0.571. The van der Waals surface area contributed by atoms with Crippen molar-refractivity contribution in [1.82, 2.24) is 0 Å². The van der Waals surface area contributed by atoms with Crippen LogP contribution >= 0.6 is 27.5 Å². The van der Waals surface area contributed by atoms with Gasteiger partial charge in [0.05, 0.1) is 11.1 Å². The van der Waals surface area contributed by atoms with Gasteiger partial charge in [-0.1, -0.05) is 43.7 Å². The number of aliphatic hydroxyl groups is 1. The summed E-state index contributed by atoms with van der Waals surface area (Å²) in [7, 11) is 0. The highest BCUT2D eigenvalue weighted by molar-refractivity contribution is 9.10. The first-order valence-electron chi connectivity index (χ1n) is 6.40. The van der Waals surface area contributed by atoms with Gasteiger partial charge < -0.3 is 5.11 Å². The minimum absolute atomic E-state index is 0.314. The largest absolute Gasteiger partial charge is 0.388 e. The maximum absolute atomic E-state index is 13.8. The number of hydrogen-bond acceptors (Lipinski definition) is 1. The molecule has 0 amide bonds. The summed E-state index contributed by atoms with van der Waals surface area (Å²) in [5.41, 5.74) is 0.314. The minimum Gasteiger partial charge on any atom is -0.388 e. The molecule has 1 N–H and O–H groups in total. The number of aliphatic hydroxyl groups excluding tert-OH is 1. The summed E-state index contributed by atoms with van der Waals surface area (Å²) in [6.45, 7) is 0. The summed E-state index contributed by atoms with van der Waals surface area (Å²) in [4.78, 5) is 0. The van der Waals surface area contributed by atoms with Gasteiger partial charge in [-0.05, 0) is 40.4 Å². The highest BCUT2D eigenvalue weighted by Gasteiger charge is 2.21. The minimum atomic E-state index is -0.751. The summed E-state index contributed by atoms with van der Waals surface area (Å²) in [6.07, 6.45) is 5.90. The highest BCUT2D eigenvalue weighted by atomic mass is 79.9. The first kappa shape index (κ1) is 14.3. The molecule has 0 spiro atoms. The molecule has 1 fully saturated rings. The van der Waals surface area contributed by atoms with E-state index < -0.39 is 11.9 Å². The van der Waals surface area contributed by atoms with Crippen LogP contribution in [0, 0.1) is 11.7 Å². The van der Waals surface area contributed by atoms with Gasteiger partial charge in [-0.25, -0.2) is 4.39 Å². The molecule has 0 bridgehead atoms. The van der Waals surface area contributed by atoms with Crippen LogP contribution in [-0.4, -0.2) is 5.11 Å². The van der Waals surface area contributed by atoms with E-state index in [4.69, 9.17) is 11.6 Å². The van der Waals surface area contributed by atoms with Crippen molar-refractivity contribution in [1.29, 1.82) is 0 Å². The van der Waals surface area contributed by atoms with E-state index >= 15 is 0 Å². The van der Waals surface area contributed by atoms with Crippen LogP contribution in [0.4, 0.5) is 4.39 Å². The number of halogens is 3. The second-order valence-corrected chi connectivity index (χ2v) is 6.30. The molecule has 1 aliphatic carbocycles. The molecule has 0 saturated heterocycles. The molecule has 0 aromatic heterocycles. The van der Waals surface area contributed by atoms with Gasteiger partial charge >= 0.3 is 0 Å². The van der Waals surface area contributed by atoms with Gasteiger partial charge in [0.15, 0.2) is 0 Å². The maximum Gasteiger partial charge on any atom is 0.130 e. The molecule has 1 saturated carbocycles. The first-order chi connectivity index (χ1) is 8.58. The van der Waals surface area contributed by atoms with E-state index in [-0.39, 0.29) is 0 Å². The van der Waals surface area contributed by atoms with E-state index in [2.05, 4.69) is 15.9 Å². The van der Waals surface area contributed by atoms with Crippen molar-refractivity contribution in [3.63, 3.8) is 0 Å². The van der Waals surface area contributed by atoms with Crippen molar-refractivity contribution in [2.24, 2.45) is 5.92 Å². The molecule has 0 aliphatic heterocycles. The van der Waals surface area contributed by atoms with E-state index in [1.54, 1.807) is 0 Å². The third-order valence-corrected chi connectivity index (χ3v) is 4.88. The molecule has 1 aliphatic rings. The zero-order valence-electron chi connectivity index (χ0n) is 10.1. The van der Waals surface area contributed by atoms with E-state index in [0.717, 1.165) is 12.8 Å². The second kappa shape index (κ2) is 6.36. The predicted octanol–water partition coefficient (Wildman–Crippen LogP) is 5.25. The Morgan fingerprint density at radius 2 is 2.00 bits per heavy atom. The molecule has 0 heterocycles. The fourth-order valence-corrected chi connectivity index (χ4v) is 3.15. The molecule has 1 atom stereocenters. The van der Waals surface area contributed by atoms with Gasteiger partial charge in [0.25, 0.3) is 0 Å². The van der Waals surface area contributed by atoms with Crippen molar-refractivity contribution >= 4 is 27.5 Å². The van der Waals surface area contributed by atoms with E-state index in [0.29, 0.717) is 27.4 Å². The Bertz CT molecular complexity index is 419. The molecule has 1 aromatic carbocycles. The van der Waals surface area contributed by atoms with Gasteiger partial charge in [-0.2, -0.15) is 0 Å². The van der Waals surface area contributed by atoms with Crippen LogP contribution in [0.5, 0.6) is 0 Å². The Balaban J connectivity index is 2.08. The molecular weight excluding hydrogens is 319 g/mol. The Morgan fingerprint density at radius 1 is 1.33 bits per heavy atom. The third kappa shape index (κ3) is 3.46. The summed E-state index contributed by atoms with van der Waals surface area (Å²) in [5, 5.41) is 10.6. The molecule has 100 valence electrons. The topological polar surface area (TPSA) is 20.2 Å². The van der Waals surface area contributed by atoms with Gasteiger partial charge in [0.1, 0.15) is 5.82 Å². The fourth-order valence-electron chi connectivity index (χ4n) is 2.66. The Labute approximate surface area is 120 Å². The van der Waals surface area contributed by atoms with Crippen LogP contribution in [0.15, 0.2) is 16.6 Å². The van der Waals surface area contributed by atoms with Gasteiger partial charge in [0, 0.05) is 10.0 Å². The normalized spacial score (nSPS) is 18.9. The Morgan fingerprint density at radius 3 is 2.67 bits per heavy atom. The Hall–Kier alpha value is -0.120. The van der Waals surface area contributed by atoms with Crippen molar-refractivity contribution < 1.29 is 9.50 Å². The van der Waals surface area contributed by atoms with E-state index in [1.165, 1.54) is 31.4 Å². The number of benzene rings is 1. The number of hydrogen-bond donors (Lipinski definition) is 1. The first-order valence-corrected chi connectivity index (χ1v) is 7.57. The highest BCUT2D eigenvalue weighted by Crippen LogP contribution is 2.35. The van der Waals surface area contributed by atoms with Crippen LogP contribution in [-0.2, 0) is 0 Å². The SMILES string of the molecule is OC(CC1CCCCC1)c1cc(Cl)c(Br)cc1F. The van der Waals surface area contributed by atoms with Gasteiger partial charge in [-0.15, -0.1) is 0 Å². The van der Waals surface area contributed by atoms with Crippen molar-refractivity contribution in [2.75, 3.05) is 0 Å². The zero-order valence-corrected chi connectivity index (χ0v) is 12.5. The summed E-state index contributed by atoms with van der Waals surface area (Å²) in [6, 6.07) is 2.84. The van der Waals surface area contributed by atoms with Crippen molar-refractivity contribution in [3.8, 4) is 0 Å². The molecule has 0 radical (unpaired) electrons. The average molecular weight is 336 g/mol. The summed E-state index contributed by atoms with van der Waals surface area (Å²) >= 11 is 9.12. The van der Waals surface area contributed by atoms with Crippen LogP contribution in [0.3, 0.4) is 0 Å². The van der Waals surface area contributed by atoms with Gasteiger partial charge in [0.2, 0.25) is 0 Å². The molecule has 1 nitrogen and oxygen atoms in total. The molecule has 2 rings (SSSR count). The smallest absolute Gasteiger partial charge is 0.130 e. The maximum atomic E-state index is 13.8. The monoisotopic (exact) mass is 334 g/mol. The van der Waals surface area contributed by atoms with Crippen LogP contribution in [0.1, 0.15) is 50.2 Å². The Kier molecular flexibility index (Phi) is 5.05. The van der Waals surface area contributed by atoms with E-state index in [9.17, 15) is 9.50 Å². The van der Waals surface area contributed by atoms with E-state index in [1.807, 2.05) is 0 Å². The standard InChI is InChI=1S/C14H17BrClFO/c15-11-8-13(17)10(7-12(11)16)14(18)6-9-4-2-1-3-5-9/h7-9,14,18H,1-6H2. The quantitative estimate of drug-likeness (QED) is 0.748.